The summed E-state index contributed by atoms with van der Waals surface area (Å²) in [6.45, 7) is 0.424. The Morgan fingerprint density at radius 3 is 2.38 bits per heavy atom. The largest absolute Gasteiger partial charge is 0.489 e. The molecule has 0 aromatic heterocycles. The van der Waals surface area contributed by atoms with Crippen LogP contribution in [0.5, 0.6) is 5.75 Å². The third kappa shape index (κ3) is 3.88. The molecule has 0 spiro atoms. The topological polar surface area (TPSA) is 89.7 Å². The van der Waals surface area contributed by atoms with E-state index in [9.17, 15) is 18.8 Å². The fourth-order valence-corrected chi connectivity index (χ4v) is 2.80. The average Bonchev–Trinajstić information content (AvgIpc) is 3.02. The van der Waals surface area contributed by atoms with Crippen LogP contribution in [-0.4, -0.2) is 24.1 Å². The van der Waals surface area contributed by atoms with E-state index in [0.717, 1.165) is 5.56 Å². The van der Waals surface area contributed by atoms with Crippen molar-refractivity contribution in [3.05, 3.63) is 59.9 Å². The summed E-state index contributed by atoms with van der Waals surface area (Å²) in [4.78, 5) is 36.2. The van der Waals surface area contributed by atoms with Crippen LogP contribution in [0.25, 0.3) is 0 Å². The van der Waals surface area contributed by atoms with Gasteiger partial charge in [0.1, 0.15) is 18.2 Å². The smallest absolute Gasteiger partial charge is 0.285 e. The first-order valence-corrected chi connectivity index (χ1v) is 8.05. The van der Waals surface area contributed by atoms with Crippen LogP contribution >= 0.6 is 0 Å². The number of rotatable bonds is 6. The first kappa shape index (κ1) is 17.6. The molecule has 26 heavy (non-hydrogen) atoms. The van der Waals surface area contributed by atoms with Crippen molar-refractivity contribution in [2.45, 2.75) is 13.0 Å². The second-order valence-corrected chi connectivity index (χ2v) is 6.04. The number of Topliss-reactive ketones (excluding diaryl/α,β-unsaturated/α-hetero) is 1. The summed E-state index contributed by atoms with van der Waals surface area (Å²) in [7, 11) is 0. The van der Waals surface area contributed by atoms with Gasteiger partial charge in [0.15, 0.2) is 0 Å². The molecule has 6 nitrogen and oxygen atoms in total. The lowest BCUT2D eigenvalue weighted by molar-refractivity contribution is -0.138. The van der Waals surface area contributed by atoms with Crippen LogP contribution in [0.2, 0.25) is 0 Å². The van der Waals surface area contributed by atoms with Gasteiger partial charge in [-0.25, -0.2) is 4.39 Å². The van der Waals surface area contributed by atoms with Crippen molar-refractivity contribution in [1.29, 1.82) is 0 Å². The second-order valence-electron chi connectivity index (χ2n) is 6.04. The van der Waals surface area contributed by atoms with Crippen molar-refractivity contribution in [2.24, 2.45) is 11.7 Å². The molecule has 1 unspecified atom stereocenters. The van der Waals surface area contributed by atoms with Crippen molar-refractivity contribution in [2.75, 3.05) is 11.4 Å². The molecule has 1 aliphatic rings. The van der Waals surface area contributed by atoms with Crippen molar-refractivity contribution in [3.8, 4) is 5.75 Å². The number of nitrogens with two attached hydrogens (primary N) is 1. The molecule has 0 radical (unpaired) electrons. The Hall–Kier alpha value is -3.22. The molecule has 134 valence electrons. The van der Waals surface area contributed by atoms with Gasteiger partial charge in [-0.3, -0.25) is 14.4 Å². The average molecular weight is 356 g/mol. The summed E-state index contributed by atoms with van der Waals surface area (Å²) in [5, 5.41) is 0. The lowest BCUT2D eigenvalue weighted by Gasteiger charge is -2.17. The highest BCUT2D eigenvalue weighted by atomic mass is 19.1. The molecule has 1 saturated heterocycles. The predicted molar refractivity (Wildman–Crippen MR) is 91.8 cm³/mol. The van der Waals surface area contributed by atoms with E-state index in [4.69, 9.17) is 10.5 Å². The fraction of sp³-hybridized carbons (Fsp3) is 0.211. The Morgan fingerprint density at radius 2 is 1.77 bits per heavy atom. The molecule has 2 aromatic rings. The van der Waals surface area contributed by atoms with E-state index < -0.39 is 17.6 Å². The van der Waals surface area contributed by atoms with Crippen LogP contribution in [0.15, 0.2) is 48.5 Å². The number of carbonyl (C=O) groups excluding carboxylic acids is 3. The van der Waals surface area contributed by atoms with Crippen LogP contribution in [0, 0.1) is 11.7 Å². The molecule has 2 amide bonds. The Kier molecular flexibility index (Phi) is 4.97. The number of nitrogens with zero attached hydrogens (tertiary/aromatic N) is 1. The van der Waals surface area contributed by atoms with Gasteiger partial charge in [0.2, 0.25) is 11.7 Å². The number of anilines is 1. The van der Waals surface area contributed by atoms with E-state index in [1.807, 2.05) is 0 Å². The molecule has 1 atom stereocenters. The van der Waals surface area contributed by atoms with E-state index in [0.29, 0.717) is 11.4 Å². The maximum atomic E-state index is 12.9. The first-order valence-electron chi connectivity index (χ1n) is 8.05. The SMILES string of the molecule is NC(=O)C(=O)C1CC(=O)N(c2ccc(OCc3ccc(F)cc3)cc2)C1. The van der Waals surface area contributed by atoms with Gasteiger partial charge in [-0.15, -0.1) is 0 Å². The van der Waals surface area contributed by atoms with Gasteiger partial charge in [-0.05, 0) is 42.0 Å². The molecule has 2 aromatic carbocycles. The minimum absolute atomic E-state index is 0.0232. The molecule has 0 saturated carbocycles. The molecule has 1 heterocycles. The quantitative estimate of drug-likeness (QED) is 0.800. The zero-order valence-electron chi connectivity index (χ0n) is 13.9. The van der Waals surface area contributed by atoms with Gasteiger partial charge >= 0.3 is 0 Å². The number of ether oxygens (including phenoxy) is 1. The third-order valence-electron chi connectivity index (χ3n) is 4.21. The van der Waals surface area contributed by atoms with Gasteiger partial charge in [0, 0.05) is 18.7 Å². The first-order chi connectivity index (χ1) is 12.4. The highest BCUT2D eigenvalue weighted by molar-refractivity contribution is 6.37. The van der Waals surface area contributed by atoms with Gasteiger partial charge in [-0.2, -0.15) is 0 Å². The highest BCUT2D eigenvalue weighted by Crippen LogP contribution is 2.27. The Morgan fingerprint density at radius 1 is 1.12 bits per heavy atom. The Labute approximate surface area is 149 Å². The van der Waals surface area contributed by atoms with Crippen LogP contribution < -0.4 is 15.4 Å². The summed E-state index contributed by atoms with van der Waals surface area (Å²) in [6.07, 6.45) is -0.0232. The molecule has 7 heteroatoms. The van der Waals surface area contributed by atoms with Crippen molar-refractivity contribution < 1.29 is 23.5 Å². The minimum Gasteiger partial charge on any atom is -0.489 e. The molecule has 2 N–H and O–H groups in total. The predicted octanol–water partition coefficient (Wildman–Crippen LogP) is 1.81. The van der Waals surface area contributed by atoms with E-state index >= 15 is 0 Å². The van der Waals surface area contributed by atoms with Gasteiger partial charge in [0.25, 0.3) is 5.91 Å². The fourth-order valence-electron chi connectivity index (χ4n) is 2.80. The maximum absolute atomic E-state index is 12.9. The highest BCUT2D eigenvalue weighted by Gasteiger charge is 2.36. The molecule has 1 fully saturated rings. The summed E-state index contributed by atoms with van der Waals surface area (Å²) >= 11 is 0. The van der Waals surface area contributed by atoms with Crippen LogP contribution in [0.4, 0.5) is 10.1 Å². The van der Waals surface area contributed by atoms with E-state index in [1.54, 1.807) is 36.4 Å². The monoisotopic (exact) mass is 356 g/mol. The molecule has 0 aliphatic carbocycles. The Balaban J connectivity index is 1.62. The van der Waals surface area contributed by atoms with Crippen molar-refractivity contribution in [1.82, 2.24) is 0 Å². The number of primary amides is 1. The number of benzene rings is 2. The molecule has 3 rings (SSSR count). The zero-order chi connectivity index (χ0) is 18.7. The number of ketones is 1. The van der Waals surface area contributed by atoms with Crippen LogP contribution in [-0.2, 0) is 21.0 Å². The minimum atomic E-state index is -1.02. The van der Waals surface area contributed by atoms with Gasteiger partial charge in [-0.1, -0.05) is 12.1 Å². The van der Waals surface area contributed by atoms with E-state index in [2.05, 4.69) is 0 Å². The number of halogens is 1. The standard InChI is InChI=1S/C19H17FN2O4/c20-14-3-1-12(2-4-14)11-26-16-7-5-15(6-8-16)22-10-13(9-17(22)23)18(24)19(21)25/h1-8,13H,9-11H2,(H2,21,25). The molecular formula is C19H17FN2O4. The number of carbonyl (C=O) groups is 3. The van der Waals surface area contributed by atoms with Crippen molar-refractivity contribution >= 4 is 23.3 Å². The Bertz CT molecular complexity index is 834. The van der Waals surface area contributed by atoms with E-state index in [-0.39, 0.29) is 31.3 Å². The van der Waals surface area contributed by atoms with Gasteiger partial charge in [0.05, 0.1) is 5.92 Å². The number of hydrogen-bond acceptors (Lipinski definition) is 4. The van der Waals surface area contributed by atoms with Crippen LogP contribution in [0.1, 0.15) is 12.0 Å². The summed E-state index contributed by atoms with van der Waals surface area (Å²) < 4.78 is 18.5. The van der Waals surface area contributed by atoms with Crippen LogP contribution in [0.3, 0.4) is 0 Å². The molecule has 1 aliphatic heterocycles. The molecular weight excluding hydrogens is 339 g/mol. The molecule has 0 bridgehead atoms. The summed E-state index contributed by atoms with van der Waals surface area (Å²) in [5.74, 6) is -2.38. The normalized spacial score (nSPS) is 16.6. The zero-order valence-corrected chi connectivity index (χ0v) is 13.9. The number of hydrogen-bond donors (Lipinski definition) is 1. The summed E-state index contributed by atoms with van der Waals surface area (Å²) in [6, 6.07) is 12.8. The van der Waals surface area contributed by atoms with Gasteiger partial charge < -0.3 is 15.4 Å². The van der Waals surface area contributed by atoms with E-state index in [1.165, 1.54) is 17.0 Å². The van der Waals surface area contributed by atoms with Crippen molar-refractivity contribution in [3.63, 3.8) is 0 Å². The summed E-state index contributed by atoms with van der Waals surface area (Å²) in [5.41, 5.74) is 6.45. The second kappa shape index (κ2) is 7.35. The third-order valence-corrected chi connectivity index (χ3v) is 4.21. The maximum Gasteiger partial charge on any atom is 0.285 e. The lowest BCUT2D eigenvalue weighted by Crippen LogP contribution is -2.32. The number of amides is 2. The lowest BCUT2D eigenvalue weighted by atomic mass is 10.0.